The molecule has 1 aromatic rings. The summed E-state index contributed by atoms with van der Waals surface area (Å²) in [4.78, 5) is 0.887. The van der Waals surface area contributed by atoms with Gasteiger partial charge >= 0.3 is 0 Å². The normalized spacial score (nSPS) is 11.5. The molecule has 0 aliphatic carbocycles. The Hall–Kier alpha value is -1.40. The van der Waals surface area contributed by atoms with Crippen LogP contribution in [0.3, 0.4) is 0 Å². The van der Waals surface area contributed by atoms with Crippen molar-refractivity contribution in [2.45, 2.75) is 11.8 Å². The van der Waals surface area contributed by atoms with Gasteiger partial charge in [-0.1, -0.05) is 18.1 Å². The number of aliphatic hydroxyl groups excluding tert-OH is 1. The summed E-state index contributed by atoms with van der Waals surface area (Å²) in [6, 6.07) is 5.44. The second kappa shape index (κ2) is 7.03. The molecule has 0 saturated heterocycles. The molecule has 4 N–H and O–H groups in total. The summed E-state index contributed by atoms with van der Waals surface area (Å²) in [6.45, 7) is 2.11. The van der Waals surface area contributed by atoms with Crippen LogP contribution in [0.1, 0.15) is 12.5 Å². The number of thioether (sulfide) groups is 1. The molecule has 0 spiro atoms. The molecule has 94 valence electrons. The molecule has 0 fully saturated rings. The lowest BCUT2D eigenvalue weighted by molar-refractivity contribution is 0.201. The zero-order valence-corrected chi connectivity index (χ0v) is 10.4. The molecule has 0 atom stereocenters. The number of hydrogen-bond acceptors (Lipinski definition) is 5. The molecule has 0 radical (unpaired) electrons. The largest absolute Gasteiger partial charge is 0.490 e. The maximum absolute atomic E-state index is 8.78. The number of nitrogens with two attached hydrogens (primary N) is 1. The van der Waals surface area contributed by atoms with Gasteiger partial charge < -0.3 is 20.8 Å². The van der Waals surface area contributed by atoms with Crippen LogP contribution in [-0.2, 0) is 0 Å². The van der Waals surface area contributed by atoms with Crippen LogP contribution in [0.25, 0.3) is 0 Å². The third kappa shape index (κ3) is 3.54. The van der Waals surface area contributed by atoms with E-state index in [4.69, 9.17) is 20.8 Å². The van der Waals surface area contributed by atoms with E-state index in [2.05, 4.69) is 5.16 Å². The number of ether oxygens (including phenoxy) is 1. The van der Waals surface area contributed by atoms with Gasteiger partial charge in [-0.3, -0.25) is 0 Å². The lowest BCUT2D eigenvalue weighted by Gasteiger charge is -2.13. The third-order valence-corrected chi connectivity index (χ3v) is 2.94. The van der Waals surface area contributed by atoms with Crippen molar-refractivity contribution in [1.82, 2.24) is 0 Å². The summed E-state index contributed by atoms with van der Waals surface area (Å²) in [6.07, 6.45) is 0. The van der Waals surface area contributed by atoms with E-state index in [1.807, 2.05) is 19.1 Å². The van der Waals surface area contributed by atoms with Crippen molar-refractivity contribution in [3.05, 3.63) is 23.8 Å². The predicted molar refractivity (Wildman–Crippen MR) is 67.9 cm³/mol. The molecule has 1 aromatic carbocycles. The highest BCUT2D eigenvalue weighted by Crippen LogP contribution is 2.29. The molecule has 0 aromatic heterocycles. The summed E-state index contributed by atoms with van der Waals surface area (Å²) in [5.41, 5.74) is 6.21. The molecule has 0 saturated carbocycles. The SMILES string of the molecule is CCSc1cccc(OCCO)c1/C(N)=N/O. The molecule has 0 bridgehead atoms. The summed E-state index contributed by atoms with van der Waals surface area (Å²) in [5, 5.41) is 20.5. The van der Waals surface area contributed by atoms with Gasteiger partial charge in [-0.05, 0) is 17.9 Å². The van der Waals surface area contributed by atoms with Crippen LogP contribution < -0.4 is 10.5 Å². The van der Waals surface area contributed by atoms with Crippen molar-refractivity contribution in [3.63, 3.8) is 0 Å². The molecule has 6 heteroatoms. The Morgan fingerprint density at radius 2 is 2.29 bits per heavy atom. The van der Waals surface area contributed by atoms with Crippen LogP contribution in [0.4, 0.5) is 0 Å². The fraction of sp³-hybridized carbons (Fsp3) is 0.364. The molecule has 5 nitrogen and oxygen atoms in total. The quantitative estimate of drug-likeness (QED) is 0.234. The fourth-order valence-electron chi connectivity index (χ4n) is 1.37. The number of oxime groups is 1. The summed E-state index contributed by atoms with van der Waals surface area (Å²) in [7, 11) is 0. The van der Waals surface area contributed by atoms with Gasteiger partial charge in [0.05, 0.1) is 12.2 Å². The average Bonchev–Trinajstić information content (AvgIpc) is 2.36. The molecular weight excluding hydrogens is 240 g/mol. The highest BCUT2D eigenvalue weighted by atomic mass is 32.2. The van der Waals surface area contributed by atoms with Gasteiger partial charge in [-0.15, -0.1) is 11.8 Å². The van der Waals surface area contributed by atoms with Crippen molar-refractivity contribution in [1.29, 1.82) is 0 Å². The van der Waals surface area contributed by atoms with E-state index in [9.17, 15) is 0 Å². The van der Waals surface area contributed by atoms with E-state index in [0.29, 0.717) is 11.3 Å². The summed E-state index contributed by atoms with van der Waals surface area (Å²) < 4.78 is 5.36. The van der Waals surface area contributed by atoms with Gasteiger partial charge in [0, 0.05) is 4.90 Å². The minimum absolute atomic E-state index is 0.00879. The van der Waals surface area contributed by atoms with Crippen LogP contribution >= 0.6 is 11.8 Å². The minimum atomic E-state index is -0.0826. The fourth-order valence-corrected chi connectivity index (χ4v) is 2.20. The Labute approximate surface area is 104 Å². The molecule has 0 heterocycles. The van der Waals surface area contributed by atoms with Crippen LogP contribution in [-0.4, -0.2) is 35.1 Å². The van der Waals surface area contributed by atoms with Crippen molar-refractivity contribution in [2.24, 2.45) is 10.9 Å². The average molecular weight is 256 g/mol. The van der Waals surface area contributed by atoms with Crippen molar-refractivity contribution in [3.8, 4) is 5.75 Å². The monoisotopic (exact) mass is 256 g/mol. The lowest BCUT2D eigenvalue weighted by Crippen LogP contribution is -2.17. The molecule has 1 rings (SSSR count). The molecule has 0 amide bonds. The highest BCUT2D eigenvalue weighted by Gasteiger charge is 2.13. The highest BCUT2D eigenvalue weighted by molar-refractivity contribution is 7.99. The molecular formula is C11H16N2O3S. The molecule has 0 aliphatic heterocycles. The van der Waals surface area contributed by atoms with Gasteiger partial charge in [0.15, 0.2) is 5.84 Å². The molecule has 17 heavy (non-hydrogen) atoms. The van der Waals surface area contributed by atoms with Gasteiger partial charge in [0.1, 0.15) is 12.4 Å². The van der Waals surface area contributed by atoms with E-state index in [0.717, 1.165) is 10.6 Å². The first-order chi connectivity index (χ1) is 8.24. The van der Waals surface area contributed by atoms with E-state index in [1.54, 1.807) is 17.8 Å². The number of hydrogen-bond donors (Lipinski definition) is 3. The van der Waals surface area contributed by atoms with Gasteiger partial charge in [-0.25, -0.2) is 0 Å². The van der Waals surface area contributed by atoms with E-state index < -0.39 is 0 Å². The Balaban J connectivity index is 3.14. The van der Waals surface area contributed by atoms with Crippen LogP contribution in [0.2, 0.25) is 0 Å². The Morgan fingerprint density at radius 1 is 1.53 bits per heavy atom. The number of nitrogens with zero attached hydrogens (tertiary/aromatic N) is 1. The van der Waals surface area contributed by atoms with Crippen LogP contribution in [0.15, 0.2) is 28.3 Å². The topological polar surface area (TPSA) is 88.1 Å². The zero-order chi connectivity index (χ0) is 12.7. The van der Waals surface area contributed by atoms with Crippen molar-refractivity contribution >= 4 is 17.6 Å². The van der Waals surface area contributed by atoms with Gasteiger partial charge in [0.25, 0.3) is 0 Å². The number of benzene rings is 1. The van der Waals surface area contributed by atoms with Crippen molar-refractivity contribution < 1.29 is 15.1 Å². The third-order valence-electron chi connectivity index (χ3n) is 2.00. The summed E-state index contributed by atoms with van der Waals surface area (Å²) in [5.74, 6) is 1.39. The first kappa shape index (κ1) is 13.7. The van der Waals surface area contributed by atoms with Crippen molar-refractivity contribution in [2.75, 3.05) is 19.0 Å². The first-order valence-electron chi connectivity index (χ1n) is 5.22. The second-order valence-corrected chi connectivity index (χ2v) is 4.43. The van der Waals surface area contributed by atoms with E-state index in [-0.39, 0.29) is 19.0 Å². The van der Waals surface area contributed by atoms with Crippen LogP contribution in [0.5, 0.6) is 5.75 Å². The maximum atomic E-state index is 8.78. The Bertz CT molecular complexity index is 396. The van der Waals surface area contributed by atoms with Crippen LogP contribution in [0, 0.1) is 0 Å². The van der Waals surface area contributed by atoms with Gasteiger partial charge in [0.2, 0.25) is 0 Å². The zero-order valence-electron chi connectivity index (χ0n) is 9.59. The summed E-state index contributed by atoms with van der Waals surface area (Å²) >= 11 is 1.58. The van der Waals surface area contributed by atoms with E-state index >= 15 is 0 Å². The maximum Gasteiger partial charge on any atom is 0.174 e. The number of aliphatic hydroxyl groups is 1. The lowest BCUT2D eigenvalue weighted by atomic mass is 10.2. The first-order valence-corrected chi connectivity index (χ1v) is 6.20. The molecule has 0 unspecified atom stereocenters. The predicted octanol–water partition coefficient (Wildman–Crippen LogP) is 1.26. The van der Waals surface area contributed by atoms with E-state index in [1.165, 1.54) is 0 Å². The Morgan fingerprint density at radius 3 is 2.88 bits per heavy atom. The smallest absolute Gasteiger partial charge is 0.174 e. The standard InChI is InChI=1S/C11H16N2O3S/c1-2-17-9-5-3-4-8(16-7-6-14)10(9)11(12)13-15/h3-5,14-15H,2,6-7H2,1H3,(H2,12,13). The van der Waals surface area contributed by atoms with Gasteiger partial charge in [-0.2, -0.15) is 0 Å². The molecule has 0 aliphatic rings. The second-order valence-electron chi connectivity index (χ2n) is 3.12. The Kier molecular flexibility index (Phi) is 5.65. The minimum Gasteiger partial charge on any atom is -0.490 e. The number of rotatable bonds is 6. The number of amidine groups is 1.